The third-order valence-corrected chi connectivity index (χ3v) is 10.6. The van der Waals surface area contributed by atoms with Gasteiger partial charge in [0, 0.05) is 48.4 Å². The van der Waals surface area contributed by atoms with Gasteiger partial charge in [-0.2, -0.15) is 9.57 Å². The van der Waals surface area contributed by atoms with E-state index in [4.69, 9.17) is 0 Å². The number of allylic oxidation sites excluding steroid dienone is 1. The van der Waals surface area contributed by atoms with E-state index in [2.05, 4.69) is 10.6 Å². The Morgan fingerprint density at radius 1 is 0.958 bits per heavy atom. The van der Waals surface area contributed by atoms with Crippen molar-refractivity contribution in [3.8, 4) is 6.07 Å². The maximum Gasteiger partial charge on any atom is 0.243 e. The lowest BCUT2D eigenvalue weighted by Gasteiger charge is -2.40. The molecule has 5 rings (SSSR count). The third-order valence-electron chi connectivity index (χ3n) is 8.49. The van der Waals surface area contributed by atoms with Crippen molar-refractivity contribution in [2.45, 2.75) is 42.7 Å². The molecule has 0 aromatic heterocycles. The van der Waals surface area contributed by atoms with Crippen LogP contribution in [0.2, 0.25) is 0 Å². The van der Waals surface area contributed by atoms with Crippen molar-refractivity contribution in [2.75, 3.05) is 18.4 Å². The molecule has 0 radical (unpaired) electrons. The number of nitrogens with one attached hydrogen (secondary N) is 2. The maximum atomic E-state index is 15.5. The minimum atomic E-state index is -3.85. The molecule has 1 amide bonds. The highest BCUT2D eigenvalue weighted by Crippen LogP contribution is 2.36. The lowest BCUT2D eigenvalue weighted by molar-refractivity contribution is -0.118. The number of nitriles is 1. The number of nitrogens with zero attached hydrogens (tertiary/aromatic N) is 2. The molecule has 248 valence electrons. The Morgan fingerprint density at radius 2 is 1.60 bits per heavy atom. The molecule has 7 nitrogen and oxygen atoms in total. The van der Waals surface area contributed by atoms with Crippen LogP contribution in [0.15, 0.2) is 114 Å². The minimum Gasteiger partial charge on any atom is -0.325 e. The van der Waals surface area contributed by atoms with E-state index in [1.54, 1.807) is 48.5 Å². The van der Waals surface area contributed by atoms with Crippen LogP contribution >= 0.6 is 0 Å². The van der Waals surface area contributed by atoms with Crippen molar-refractivity contribution in [3.63, 3.8) is 0 Å². The number of hydrogen-bond donors (Lipinski definition) is 2. The molecule has 1 aliphatic rings. The standard InChI is InChI=1S/C37H35F3N4O3S/c1-25-23-42-24-30(44(25)48(46,47)31-13-3-2-4-14-31)18-19-32-34(40)16-7-17-35(32)43-37(45)33(15-8-20-41)36(26-9-5-11-28(38)21-26)27-10-6-12-29(39)22-27/h2-17,21-22,25,30,33,36,42H,18-19,23-24H2,1H3,(H,43,45)/b15-8+. The molecule has 0 spiro atoms. The Kier molecular flexibility index (Phi) is 11.1. The van der Waals surface area contributed by atoms with Gasteiger partial charge >= 0.3 is 0 Å². The van der Waals surface area contributed by atoms with Gasteiger partial charge < -0.3 is 10.6 Å². The summed E-state index contributed by atoms with van der Waals surface area (Å²) in [6.07, 6.45) is 2.83. The topological polar surface area (TPSA) is 102 Å². The fourth-order valence-electron chi connectivity index (χ4n) is 6.34. The van der Waals surface area contributed by atoms with E-state index in [-0.39, 0.29) is 35.0 Å². The van der Waals surface area contributed by atoms with Crippen LogP contribution in [0.25, 0.3) is 0 Å². The Morgan fingerprint density at radius 3 is 2.23 bits per heavy atom. The van der Waals surface area contributed by atoms with E-state index >= 15 is 4.39 Å². The number of sulfonamides is 1. The molecule has 1 fully saturated rings. The van der Waals surface area contributed by atoms with E-state index < -0.39 is 51.3 Å². The van der Waals surface area contributed by atoms with Gasteiger partial charge in [0.1, 0.15) is 17.5 Å². The fourth-order valence-corrected chi connectivity index (χ4v) is 8.20. The number of rotatable bonds is 11. The van der Waals surface area contributed by atoms with Crippen molar-refractivity contribution in [2.24, 2.45) is 5.92 Å². The summed E-state index contributed by atoms with van der Waals surface area (Å²) in [4.78, 5) is 14.2. The molecular weight excluding hydrogens is 637 g/mol. The zero-order valence-electron chi connectivity index (χ0n) is 26.2. The normalized spacial score (nSPS) is 17.7. The zero-order valence-corrected chi connectivity index (χ0v) is 27.0. The molecule has 48 heavy (non-hydrogen) atoms. The van der Waals surface area contributed by atoms with Gasteiger partial charge in [0.05, 0.1) is 16.9 Å². The zero-order chi connectivity index (χ0) is 34.3. The van der Waals surface area contributed by atoms with E-state index in [0.29, 0.717) is 24.2 Å². The SMILES string of the molecule is CC1CNCC(CCc2c(F)cccc2NC(=O)C(/C=C/C#N)C(c2cccc(F)c2)c2cccc(F)c2)N1S(=O)(=O)c1ccccc1. The Labute approximate surface area is 278 Å². The quantitative estimate of drug-likeness (QED) is 0.176. The molecule has 11 heteroatoms. The number of carbonyl (C=O) groups is 1. The average Bonchev–Trinajstić information content (AvgIpc) is 3.06. The average molecular weight is 673 g/mol. The lowest BCUT2D eigenvalue weighted by atomic mass is 9.79. The summed E-state index contributed by atoms with van der Waals surface area (Å²) in [6, 6.07) is 24.6. The molecule has 4 aromatic rings. The molecule has 1 heterocycles. The molecule has 0 saturated carbocycles. The molecule has 0 bridgehead atoms. The highest BCUT2D eigenvalue weighted by atomic mass is 32.2. The second-order valence-corrected chi connectivity index (χ2v) is 13.5. The highest BCUT2D eigenvalue weighted by Gasteiger charge is 2.38. The molecule has 2 N–H and O–H groups in total. The summed E-state index contributed by atoms with van der Waals surface area (Å²) in [5.74, 6) is -4.35. The predicted molar refractivity (Wildman–Crippen MR) is 178 cm³/mol. The largest absolute Gasteiger partial charge is 0.325 e. The molecule has 3 atom stereocenters. The summed E-state index contributed by atoms with van der Waals surface area (Å²) in [6.45, 7) is 2.63. The summed E-state index contributed by atoms with van der Waals surface area (Å²) < 4.78 is 73.1. The first-order chi connectivity index (χ1) is 23.1. The molecule has 1 aliphatic heterocycles. The number of anilines is 1. The molecular formula is C37H35F3N4O3S. The Bertz CT molecular complexity index is 1890. The smallest absolute Gasteiger partial charge is 0.243 e. The number of benzene rings is 4. The number of hydrogen-bond acceptors (Lipinski definition) is 5. The second kappa shape index (κ2) is 15.4. The first-order valence-corrected chi connectivity index (χ1v) is 17.0. The van der Waals surface area contributed by atoms with Crippen molar-refractivity contribution < 1.29 is 26.4 Å². The van der Waals surface area contributed by atoms with Crippen LogP contribution < -0.4 is 10.6 Å². The summed E-state index contributed by atoms with van der Waals surface area (Å²) >= 11 is 0. The van der Waals surface area contributed by atoms with Gasteiger partial charge in [-0.3, -0.25) is 4.79 Å². The lowest BCUT2D eigenvalue weighted by Crippen LogP contribution is -2.58. The van der Waals surface area contributed by atoms with E-state index in [1.165, 1.54) is 58.9 Å². The van der Waals surface area contributed by atoms with Crippen LogP contribution in [0.3, 0.4) is 0 Å². The van der Waals surface area contributed by atoms with Crippen molar-refractivity contribution >= 4 is 21.6 Å². The van der Waals surface area contributed by atoms with Gasteiger partial charge in [-0.05, 0) is 79.4 Å². The summed E-state index contributed by atoms with van der Waals surface area (Å²) in [7, 11) is -3.85. The predicted octanol–water partition coefficient (Wildman–Crippen LogP) is 6.55. The molecule has 1 saturated heterocycles. The van der Waals surface area contributed by atoms with Crippen molar-refractivity contribution in [1.29, 1.82) is 5.26 Å². The molecule has 0 aliphatic carbocycles. The van der Waals surface area contributed by atoms with Crippen molar-refractivity contribution in [3.05, 3.63) is 143 Å². The van der Waals surface area contributed by atoms with E-state index in [0.717, 1.165) is 6.08 Å². The van der Waals surface area contributed by atoms with Crippen LogP contribution in [0.1, 0.15) is 36.0 Å². The van der Waals surface area contributed by atoms with E-state index in [9.17, 15) is 27.3 Å². The monoisotopic (exact) mass is 672 g/mol. The van der Waals surface area contributed by atoms with Crippen LogP contribution in [0.5, 0.6) is 0 Å². The maximum absolute atomic E-state index is 15.5. The third kappa shape index (κ3) is 7.85. The summed E-state index contributed by atoms with van der Waals surface area (Å²) in [5, 5.41) is 15.4. The number of piperazine rings is 1. The number of amides is 1. The van der Waals surface area contributed by atoms with Crippen LogP contribution in [-0.2, 0) is 21.2 Å². The molecule has 4 aromatic carbocycles. The first-order valence-electron chi connectivity index (χ1n) is 15.5. The van der Waals surface area contributed by atoms with Crippen molar-refractivity contribution in [1.82, 2.24) is 9.62 Å². The Balaban J connectivity index is 1.45. The number of carbonyl (C=O) groups excluding carboxylic acids is 1. The second-order valence-electron chi connectivity index (χ2n) is 11.7. The van der Waals surface area contributed by atoms with E-state index in [1.807, 2.05) is 13.0 Å². The van der Waals surface area contributed by atoms with Gasteiger partial charge in [0.2, 0.25) is 15.9 Å². The van der Waals surface area contributed by atoms with Crippen LogP contribution in [0.4, 0.5) is 18.9 Å². The van der Waals surface area contributed by atoms with Crippen LogP contribution in [-0.4, -0.2) is 43.8 Å². The number of halogens is 3. The minimum absolute atomic E-state index is 0.0953. The van der Waals surface area contributed by atoms with Gasteiger partial charge in [0.15, 0.2) is 0 Å². The highest BCUT2D eigenvalue weighted by molar-refractivity contribution is 7.89. The van der Waals surface area contributed by atoms with Gasteiger partial charge in [-0.25, -0.2) is 21.6 Å². The Hall–Kier alpha value is -4.76. The van der Waals surface area contributed by atoms with Gasteiger partial charge in [0.25, 0.3) is 0 Å². The van der Waals surface area contributed by atoms with Gasteiger partial charge in [-0.1, -0.05) is 54.6 Å². The fraction of sp³-hybridized carbons (Fsp3) is 0.243. The van der Waals surface area contributed by atoms with Crippen LogP contribution in [0, 0.1) is 34.7 Å². The first kappa shape index (κ1) is 34.6. The van der Waals surface area contributed by atoms with Gasteiger partial charge in [-0.15, -0.1) is 0 Å². The molecule has 3 unspecified atom stereocenters. The summed E-state index contributed by atoms with van der Waals surface area (Å²) in [5.41, 5.74) is 1.10.